The third kappa shape index (κ3) is 6.24. The van der Waals surface area contributed by atoms with Gasteiger partial charge < -0.3 is 15.2 Å². The van der Waals surface area contributed by atoms with Gasteiger partial charge in [-0.2, -0.15) is 0 Å². The van der Waals surface area contributed by atoms with Crippen molar-refractivity contribution in [2.24, 2.45) is 0 Å². The molecule has 0 spiro atoms. The van der Waals surface area contributed by atoms with Crippen molar-refractivity contribution in [3.8, 4) is 22.4 Å². The summed E-state index contributed by atoms with van der Waals surface area (Å²) in [6.45, 7) is 12.1. The third-order valence-electron chi connectivity index (χ3n) is 8.24. The Morgan fingerprint density at radius 2 is 1.70 bits per heavy atom. The molecule has 1 aliphatic heterocycles. The van der Waals surface area contributed by atoms with Gasteiger partial charge in [0.05, 0.1) is 23.3 Å². The predicted octanol–water partition coefficient (Wildman–Crippen LogP) is 6.42. The van der Waals surface area contributed by atoms with Gasteiger partial charge >= 0.3 is 5.69 Å². The van der Waals surface area contributed by atoms with E-state index in [1.54, 1.807) is 0 Å². The van der Waals surface area contributed by atoms with Crippen LogP contribution in [0.25, 0.3) is 38.3 Å². The van der Waals surface area contributed by atoms with E-state index in [4.69, 9.17) is 11.6 Å². The number of fused-ring (bicyclic) bond motifs is 1. The molecule has 2 N–H and O–H groups in total. The largest absolute Gasteiger partial charge is 0.377 e. The van der Waals surface area contributed by atoms with Crippen molar-refractivity contribution in [2.45, 2.75) is 25.4 Å². The summed E-state index contributed by atoms with van der Waals surface area (Å²) < 4.78 is 1.95. The van der Waals surface area contributed by atoms with Gasteiger partial charge in [-0.25, -0.2) is 14.6 Å². The van der Waals surface area contributed by atoms with E-state index in [1.807, 2.05) is 67.2 Å². The molecule has 8 heteroatoms. The van der Waals surface area contributed by atoms with Crippen molar-refractivity contribution in [2.75, 3.05) is 45.6 Å². The zero-order valence-electron chi connectivity index (χ0n) is 24.8. The minimum absolute atomic E-state index is 0.0146. The average Bonchev–Trinajstić information content (AvgIpc) is 3.37. The van der Waals surface area contributed by atoms with Gasteiger partial charge in [-0.1, -0.05) is 66.7 Å². The molecule has 0 amide bonds. The molecule has 0 aliphatic carbocycles. The summed E-state index contributed by atoms with van der Waals surface area (Å²) in [5.74, 6) is 0.618. The highest BCUT2D eigenvalue weighted by Crippen LogP contribution is 2.37. The second-order valence-electron chi connectivity index (χ2n) is 11.5. The number of para-hydroxylation sites is 2. The van der Waals surface area contributed by atoms with Crippen molar-refractivity contribution in [1.29, 1.82) is 0 Å². The van der Waals surface area contributed by atoms with Crippen LogP contribution >= 0.6 is 0 Å². The highest BCUT2D eigenvalue weighted by atomic mass is 16.1. The molecule has 43 heavy (non-hydrogen) atoms. The molecule has 6 rings (SSSR count). The van der Waals surface area contributed by atoms with Crippen LogP contribution in [0.5, 0.6) is 0 Å². The zero-order chi connectivity index (χ0) is 29.8. The standard InChI is InChI=1S/C35H37N7O/c1-36-31-23-29(26-9-5-4-6-10-26)33(39-34(31)37-19-22-40(2)3)27-15-13-25(14-16-27)24-41-20-17-28(18-21-41)42-32-12-8-7-11-30(32)38-35(42)43/h4-16,23,28H,17-22,24H2,2-3H3,(H,37,39)(H,38,43). The molecular formula is C35H37N7O. The fourth-order valence-electron chi connectivity index (χ4n) is 5.97. The Labute approximate surface area is 252 Å². The fraction of sp³-hybridized carbons (Fsp3) is 0.286. The van der Waals surface area contributed by atoms with Crippen LogP contribution < -0.4 is 11.0 Å². The Morgan fingerprint density at radius 3 is 2.42 bits per heavy atom. The van der Waals surface area contributed by atoms with Crippen LogP contribution in [0.15, 0.2) is 89.7 Å². The number of imidazole rings is 1. The van der Waals surface area contributed by atoms with Gasteiger partial charge in [0.25, 0.3) is 0 Å². The van der Waals surface area contributed by atoms with Gasteiger partial charge in [0, 0.05) is 44.3 Å². The summed E-state index contributed by atoms with van der Waals surface area (Å²) in [6.07, 6.45) is 1.89. The smallest absolute Gasteiger partial charge is 0.326 e. The first kappa shape index (κ1) is 28.4. The molecule has 8 nitrogen and oxygen atoms in total. The number of nitrogens with one attached hydrogen (secondary N) is 2. The summed E-state index contributed by atoms with van der Waals surface area (Å²) in [7, 11) is 4.06. The minimum atomic E-state index is -0.0146. The number of likely N-dealkylation sites (tertiary alicyclic amines) is 1. The fourth-order valence-corrected chi connectivity index (χ4v) is 5.97. The van der Waals surface area contributed by atoms with Crippen LogP contribution in [-0.2, 0) is 6.54 Å². The highest BCUT2D eigenvalue weighted by Gasteiger charge is 2.24. The molecule has 5 aromatic rings. The Balaban J connectivity index is 1.19. The van der Waals surface area contributed by atoms with Crippen LogP contribution in [-0.4, -0.2) is 64.6 Å². The normalized spacial score (nSPS) is 14.3. The number of nitrogens with zero attached hydrogens (tertiary/aromatic N) is 5. The number of likely N-dealkylation sites (N-methyl/N-ethyl adjacent to an activating group) is 1. The molecule has 3 aromatic carbocycles. The van der Waals surface area contributed by atoms with E-state index in [9.17, 15) is 4.79 Å². The number of aromatic amines is 1. The number of H-pyrrole nitrogens is 1. The molecule has 0 bridgehead atoms. The second kappa shape index (κ2) is 12.7. The summed E-state index contributed by atoms with van der Waals surface area (Å²) in [4.78, 5) is 29.1. The van der Waals surface area contributed by atoms with Crippen molar-refractivity contribution >= 4 is 22.5 Å². The van der Waals surface area contributed by atoms with Gasteiger partial charge in [0.2, 0.25) is 5.69 Å². The quantitative estimate of drug-likeness (QED) is 0.200. The number of pyridine rings is 1. The molecule has 3 heterocycles. The van der Waals surface area contributed by atoms with E-state index >= 15 is 0 Å². The molecule has 218 valence electrons. The monoisotopic (exact) mass is 571 g/mol. The van der Waals surface area contributed by atoms with Crippen LogP contribution in [0.1, 0.15) is 24.4 Å². The van der Waals surface area contributed by atoms with Crippen LogP contribution in [0.4, 0.5) is 11.5 Å². The number of piperidine rings is 1. The van der Waals surface area contributed by atoms with Gasteiger partial charge in [-0.05, 0) is 61.8 Å². The summed E-state index contributed by atoms with van der Waals surface area (Å²) in [6, 6.07) is 28.9. The van der Waals surface area contributed by atoms with Crippen LogP contribution in [0.2, 0.25) is 0 Å². The first-order chi connectivity index (χ1) is 21.0. The van der Waals surface area contributed by atoms with E-state index in [1.165, 1.54) is 5.56 Å². The molecule has 1 saturated heterocycles. The maximum Gasteiger partial charge on any atom is 0.326 e. The molecule has 1 aliphatic rings. The van der Waals surface area contributed by atoms with Crippen LogP contribution in [0.3, 0.4) is 0 Å². The number of aromatic nitrogens is 3. The lowest BCUT2D eigenvalue weighted by Gasteiger charge is -2.32. The number of hydrogen-bond donors (Lipinski definition) is 2. The third-order valence-corrected chi connectivity index (χ3v) is 8.24. The number of anilines is 1. The second-order valence-corrected chi connectivity index (χ2v) is 11.5. The lowest BCUT2D eigenvalue weighted by Crippen LogP contribution is -2.36. The first-order valence-corrected chi connectivity index (χ1v) is 14.9. The average molecular weight is 572 g/mol. The lowest BCUT2D eigenvalue weighted by molar-refractivity contribution is 0.180. The highest BCUT2D eigenvalue weighted by molar-refractivity contribution is 5.87. The van der Waals surface area contributed by atoms with Crippen molar-refractivity contribution < 1.29 is 0 Å². The van der Waals surface area contributed by atoms with E-state index < -0.39 is 0 Å². The Kier molecular flexibility index (Phi) is 8.36. The van der Waals surface area contributed by atoms with Crippen molar-refractivity contribution in [3.05, 3.63) is 112 Å². The molecule has 0 saturated carbocycles. The summed E-state index contributed by atoms with van der Waals surface area (Å²) in [5, 5.41) is 3.38. The van der Waals surface area contributed by atoms with E-state index in [-0.39, 0.29) is 11.7 Å². The van der Waals surface area contributed by atoms with Crippen LogP contribution in [0, 0.1) is 6.57 Å². The predicted molar refractivity (Wildman–Crippen MR) is 175 cm³/mol. The topological polar surface area (TPSA) is 73.5 Å². The lowest BCUT2D eigenvalue weighted by atomic mass is 9.97. The summed E-state index contributed by atoms with van der Waals surface area (Å²) in [5.41, 5.74) is 7.52. The first-order valence-electron chi connectivity index (χ1n) is 14.9. The van der Waals surface area contributed by atoms with E-state index in [0.29, 0.717) is 18.1 Å². The summed E-state index contributed by atoms with van der Waals surface area (Å²) >= 11 is 0. The molecule has 0 unspecified atom stereocenters. The van der Waals surface area contributed by atoms with Crippen molar-refractivity contribution in [1.82, 2.24) is 24.3 Å². The molecule has 0 atom stereocenters. The van der Waals surface area contributed by atoms with E-state index in [2.05, 4.69) is 61.3 Å². The molecule has 0 radical (unpaired) electrons. The number of benzene rings is 3. The van der Waals surface area contributed by atoms with Gasteiger partial charge in [-0.15, -0.1) is 0 Å². The Bertz CT molecular complexity index is 1790. The molecule has 1 fully saturated rings. The number of rotatable bonds is 9. The minimum Gasteiger partial charge on any atom is -0.377 e. The van der Waals surface area contributed by atoms with Gasteiger partial charge in [-0.3, -0.25) is 9.47 Å². The maximum absolute atomic E-state index is 12.7. The molecule has 2 aromatic heterocycles. The maximum atomic E-state index is 12.7. The zero-order valence-corrected chi connectivity index (χ0v) is 24.8. The van der Waals surface area contributed by atoms with Crippen molar-refractivity contribution in [3.63, 3.8) is 0 Å². The Hall–Kier alpha value is -4.71. The Morgan fingerprint density at radius 1 is 0.977 bits per heavy atom. The SMILES string of the molecule is [C-]#[N+]c1cc(-c2ccccc2)c(-c2ccc(CN3CCC(n4c(=O)[nH]c5ccccc54)CC3)cc2)nc1NCCN(C)C. The van der Waals surface area contributed by atoms with Gasteiger partial charge in [0.1, 0.15) is 5.82 Å². The van der Waals surface area contributed by atoms with E-state index in [0.717, 1.165) is 72.4 Å². The van der Waals surface area contributed by atoms with Gasteiger partial charge in [0.15, 0.2) is 0 Å². The number of hydrogen-bond acceptors (Lipinski definition) is 5. The molecular weight excluding hydrogens is 534 g/mol.